The van der Waals surface area contributed by atoms with E-state index in [4.69, 9.17) is 0 Å². The number of alkyl halides is 3. The van der Waals surface area contributed by atoms with Crippen LogP contribution in [0.4, 0.5) is 42.0 Å². The summed E-state index contributed by atoms with van der Waals surface area (Å²) >= 11 is 0. The van der Waals surface area contributed by atoms with E-state index in [0.29, 0.717) is 24.5 Å². The number of piperidine rings is 1. The topological polar surface area (TPSA) is 99.2 Å². The monoisotopic (exact) mass is 536 g/mol. The maximum Gasteiger partial charge on any atom is 0.421 e. The van der Waals surface area contributed by atoms with Crippen molar-refractivity contribution in [3.05, 3.63) is 91.2 Å². The summed E-state index contributed by atoms with van der Waals surface area (Å²) in [7, 11) is 0. The van der Waals surface area contributed by atoms with Crippen LogP contribution in [0, 0.1) is 0 Å². The molecule has 0 radical (unpaired) electrons. The van der Waals surface area contributed by atoms with Gasteiger partial charge in [-0.2, -0.15) is 18.2 Å². The number of anilines is 5. The average Bonchev–Trinajstić information content (AvgIpc) is 2.92. The van der Waals surface area contributed by atoms with Gasteiger partial charge in [0.15, 0.2) is 0 Å². The van der Waals surface area contributed by atoms with Crippen LogP contribution in [0.2, 0.25) is 0 Å². The molecule has 1 fully saturated rings. The largest absolute Gasteiger partial charge is 0.421 e. The summed E-state index contributed by atoms with van der Waals surface area (Å²) in [6, 6.07) is 13.7. The highest BCUT2D eigenvalue weighted by atomic mass is 19.4. The molecule has 0 bridgehead atoms. The molecule has 1 aliphatic rings. The van der Waals surface area contributed by atoms with Crippen LogP contribution in [-0.2, 0) is 15.8 Å². The quantitative estimate of drug-likeness (QED) is 0.306. The number of likely N-dealkylation sites (tertiary alicyclic amines) is 1. The van der Waals surface area contributed by atoms with E-state index in [1.165, 1.54) is 12.1 Å². The zero-order chi connectivity index (χ0) is 28.0. The SMILES string of the molecule is C=CC(=O)Nc1cccc(Nc2nc(Nc3cccc(C4CCN(C(=O)C=C)CC4)c3)ncc2C(F)(F)F)c1. The molecule has 2 amide bonds. The van der Waals surface area contributed by atoms with Crippen molar-refractivity contribution in [1.82, 2.24) is 14.9 Å². The molecule has 202 valence electrons. The van der Waals surface area contributed by atoms with Crippen molar-refractivity contribution >= 4 is 40.6 Å². The summed E-state index contributed by atoms with van der Waals surface area (Å²) in [5.74, 6) is -0.760. The Balaban J connectivity index is 1.53. The molecule has 1 saturated heterocycles. The number of hydrogen-bond donors (Lipinski definition) is 3. The minimum Gasteiger partial charge on any atom is -0.339 e. The summed E-state index contributed by atoms with van der Waals surface area (Å²) in [5, 5.41) is 8.25. The second-order valence-electron chi connectivity index (χ2n) is 8.91. The molecule has 39 heavy (non-hydrogen) atoms. The van der Waals surface area contributed by atoms with E-state index < -0.39 is 23.5 Å². The predicted molar refractivity (Wildman–Crippen MR) is 144 cm³/mol. The molecule has 0 unspecified atom stereocenters. The highest BCUT2D eigenvalue weighted by Crippen LogP contribution is 2.36. The number of nitrogens with one attached hydrogen (secondary N) is 3. The van der Waals surface area contributed by atoms with Crippen molar-refractivity contribution in [3.8, 4) is 0 Å². The van der Waals surface area contributed by atoms with E-state index in [1.807, 2.05) is 18.2 Å². The number of aromatic nitrogens is 2. The molecule has 3 N–H and O–H groups in total. The van der Waals surface area contributed by atoms with Crippen molar-refractivity contribution < 1.29 is 22.8 Å². The molecule has 1 aromatic heterocycles. The van der Waals surface area contributed by atoms with E-state index in [2.05, 4.69) is 39.1 Å². The number of halogens is 3. The average molecular weight is 537 g/mol. The lowest BCUT2D eigenvalue weighted by Crippen LogP contribution is -2.36. The van der Waals surface area contributed by atoms with Crippen molar-refractivity contribution in [2.24, 2.45) is 0 Å². The second-order valence-corrected chi connectivity index (χ2v) is 8.91. The van der Waals surface area contributed by atoms with Gasteiger partial charge in [0.1, 0.15) is 11.4 Å². The normalized spacial score (nSPS) is 13.9. The summed E-state index contributed by atoms with van der Waals surface area (Å²) in [6.07, 6.45) is 0.0103. The Morgan fingerprint density at radius 3 is 2.28 bits per heavy atom. The summed E-state index contributed by atoms with van der Waals surface area (Å²) in [5.41, 5.74) is 1.30. The molecule has 0 atom stereocenters. The number of hydrogen-bond acceptors (Lipinski definition) is 6. The van der Waals surface area contributed by atoms with Crippen LogP contribution < -0.4 is 16.0 Å². The van der Waals surface area contributed by atoms with Crippen LogP contribution >= 0.6 is 0 Å². The number of amides is 2. The molecular formula is C28H27F3N6O2. The minimum atomic E-state index is -4.70. The molecule has 8 nitrogen and oxygen atoms in total. The van der Waals surface area contributed by atoms with E-state index in [0.717, 1.165) is 30.7 Å². The highest BCUT2D eigenvalue weighted by molar-refractivity contribution is 5.99. The molecular weight excluding hydrogens is 509 g/mol. The Morgan fingerprint density at radius 1 is 0.949 bits per heavy atom. The standard InChI is InChI=1S/C28H27F3N6O2/c1-3-24(38)33-21-9-6-10-22(16-21)34-26-23(28(29,30)31)17-32-27(36-26)35-20-8-5-7-19(15-20)18-11-13-37(14-12-18)25(39)4-2/h3-10,15-18H,1-2,11-14H2,(H,33,38)(H2,32,34,35,36). The van der Waals surface area contributed by atoms with Gasteiger partial charge in [-0.05, 0) is 66.8 Å². The number of carbonyl (C=O) groups excluding carboxylic acids is 2. The van der Waals surface area contributed by atoms with Crippen LogP contribution in [0.15, 0.2) is 80.0 Å². The molecule has 1 aliphatic heterocycles. The van der Waals surface area contributed by atoms with E-state index in [1.54, 1.807) is 29.2 Å². The van der Waals surface area contributed by atoms with E-state index in [-0.39, 0.29) is 23.5 Å². The summed E-state index contributed by atoms with van der Waals surface area (Å²) in [4.78, 5) is 33.2. The van der Waals surface area contributed by atoms with Crippen LogP contribution in [0.3, 0.4) is 0 Å². The van der Waals surface area contributed by atoms with E-state index in [9.17, 15) is 22.8 Å². The Morgan fingerprint density at radius 2 is 1.62 bits per heavy atom. The Labute approximate surface area is 223 Å². The van der Waals surface area contributed by atoms with Crippen LogP contribution in [-0.4, -0.2) is 39.8 Å². The van der Waals surface area contributed by atoms with Gasteiger partial charge in [-0.1, -0.05) is 31.4 Å². The first kappa shape index (κ1) is 27.4. The van der Waals surface area contributed by atoms with Crippen molar-refractivity contribution in [2.45, 2.75) is 24.9 Å². The molecule has 0 saturated carbocycles. The lowest BCUT2D eigenvalue weighted by Gasteiger charge is -2.31. The molecule has 2 heterocycles. The van der Waals surface area contributed by atoms with Gasteiger partial charge in [0, 0.05) is 36.3 Å². The lowest BCUT2D eigenvalue weighted by atomic mass is 9.89. The van der Waals surface area contributed by atoms with Crippen molar-refractivity contribution in [3.63, 3.8) is 0 Å². The van der Waals surface area contributed by atoms with Gasteiger partial charge in [0.2, 0.25) is 17.8 Å². The Hall–Kier alpha value is -4.67. The lowest BCUT2D eigenvalue weighted by molar-refractivity contribution is -0.137. The summed E-state index contributed by atoms with van der Waals surface area (Å²) in [6.45, 7) is 8.17. The number of rotatable bonds is 8. The van der Waals surface area contributed by atoms with Crippen molar-refractivity contribution in [1.29, 1.82) is 0 Å². The van der Waals surface area contributed by atoms with E-state index >= 15 is 0 Å². The molecule has 0 aliphatic carbocycles. The highest BCUT2D eigenvalue weighted by Gasteiger charge is 2.35. The third kappa shape index (κ3) is 7.01. The Bertz CT molecular complexity index is 1380. The zero-order valence-corrected chi connectivity index (χ0v) is 21.0. The van der Waals surface area contributed by atoms with Gasteiger partial charge in [-0.25, -0.2) is 4.98 Å². The van der Waals surface area contributed by atoms with Gasteiger partial charge in [0.25, 0.3) is 0 Å². The zero-order valence-electron chi connectivity index (χ0n) is 21.0. The first-order valence-corrected chi connectivity index (χ1v) is 12.2. The molecule has 0 spiro atoms. The van der Waals surface area contributed by atoms with Gasteiger partial charge in [-0.15, -0.1) is 0 Å². The van der Waals surface area contributed by atoms with Gasteiger partial charge >= 0.3 is 6.18 Å². The number of carbonyl (C=O) groups is 2. The van der Waals surface area contributed by atoms with Gasteiger partial charge in [0.05, 0.1) is 0 Å². The van der Waals surface area contributed by atoms with Crippen LogP contribution in [0.5, 0.6) is 0 Å². The smallest absolute Gasteiger partial charge is 0.339 e. The fourth-order valence-electron chi connectivity index (χ4n) is 4.31. The molecule has 2 aromatic carbocycles. The first-order valence-electron chi connectivity index (χ1n) is 12.2. The minimum absolute atomic E-state index is 0.0230. The second kappa shape index (κ2) is 11.8. The van der Waals surface area contributed by atoms with Gasteiger partial charge < -0.3 is 20.9 Å². The maximum absolute atomic E-state index is 13.7. The predicted octanol–water partition coefficient (Wildman–Crippen LogP) is 6.00. The number of benzene rings is 2. The van der Waals surface area contributed by atoms with Gasteiger partial charge in [-0.3, -0.25) is 9.59 Å². The first-order chi connectivity index (χ1) is 18.7. The van der Waals surface area contributed by atoms with Crippen molar-refractivity contribution in [2.75, 3.05) is 29.0 Å². The molecule has 11 heteroatoms. The third-order valence-corrected chi connectivity index (χ3v) is 6.27. The van der Waals surface area contributed by atoms with Crippen LogP contribution in [0.25, 0.3) is 0 Å². The summed E-state index contributed by atoms with van der Waals surface area (Å²) < 4.78 is 41.2. The fraction of sp³-hybridized carbons (Fsp3) is 0.214. The number of nitrogens with zero attached hydrogens (tertiary/aromatic N) is 3. The Kier molecular flexibility index (Phi) is 8.28. The maximum atomic E-state index is 13.7. The third-order valence-electron chi connectivity index (χ3n) is 6.27. The molecule has 3 aromatic rings. The molecule has 4 rings (SSSR count). The fourth-order valence-corrected chi connectivity index (χ4v) is 4.31. The van der Waals surface area contributed by atoms with Crippen LogP contribution in [0.1, 0.15) is 29.9 Å².